The van der Waals surface area contributed by atoms with Crippen molar-refractivity contribution in [3.63, 3.8) is 0 Å². The molecule has 0 aliphatic heterocycles. The number of esters is 1. The molecule has 0 aromatic carbocycles. The average molecular weight is 196 g/mol. The lowest BCUT2D eigenvalue weighted by Gasteiger charge is -2.11. The molecule has 0 bridgehead atoms. The Balaban J connectivity index is 2.49. The van der Waals surface area contributed by atoms with Gasteiger partial charge in [0.1, 0.15) is 5.82 Å². The van der Waals surface area contributed by atoms with E-state index in [-0.39, 0.29) is 6.61 Å². The van der Waals surface area contributed by atoms with Crippen LogP contribution in [0.1, 0.15) is 6.92 Å². The Morgan fingerprint density at radius 2 is 2.50 bits per heavy atom. The first-order valence-corrected chi connectivity index (χ1v) is 4.26. The maximum Gasteiger partial charge on any atom is 0.356 e. The molecule has 1 aromatic rings. The fraction of sp³-hybridized carbons (Fsp3) is 0.333. The second-order valence-corrected chi connectivity index (χ2v) is 2.51. The Hall–Kier alpha value is -1.62. The van der Waals surface area contributed by atoms with E-state index in [1.165, 1.54) is 0 Å². The van der Waals surface area contributed by atoms with Crippen LogP contribution in [-0.2, 0) is 9.53 Å². The van der Waals surface area contributed by atoms with E-state index < -0.39 is 12.2 Å². The van der Waals surface area contributed by atoms with Crippen LogP contribution < -0.4 is 5.32 Å². The van der Waals surface area contributed by atoms with Crippen LogP contribution in [0.3, 0.4) is 0 Å². The summed E-state index contributed by atoms with van der Waals surface area (Å²) in [5.74, 6) is -0.286. The monoisotopic (exact) mass is 196 g/mol. The van der Waals surface area contributed by atoms with Gasteiger partial charge in [-0.25, -0.2) is 9.78 Å². The zero-order valence-corrected chi connectivity index (χ0v) is 7.80. The standard InChI is InChI=1S/C9H12N2O3/c1-2-14-9(13)8(12)11-7-5-3-4-6-10-7/h3-6,8,12H,2H2,1H3,(H,10,11). The molecule has 5 nitrogen and oxygen atoms in total. The number of nitrogens with zero attached hydrogens (tertiary/aromatic N) is 1. The van der Waals surface area contributed by atoms with Crippen LogP contribution in [-0.4, -0.2) is 28.9 Å². The van der Waals surface area contributed by atoms with Gasteiger partial charge in [-0.1, -0.05) is 6.07 Å². The van der Waals surface area contributed by atoms with Gasteiger partial charge in [0.2, 0.25) is 6.23 Å². The molecule has 5 heteroatoms. The number of rotatable bonds is 4. The number of pyridine rings is 1. The smallest absolute Gasteiger partial charge is 0.356 e. The van der Waals surface area contributed by atoms with Gasteiger partial charge in [0.15, 0.2) is 0 Å². The zero-order chi connectivity index (χ0) is 10.4. The topological polar surface area (TPSA) is 71.5 Å². The van der Waals surface area contributed by atoms with E-state index in [1.54, 1.807) is 31.3 Å². The lowest BCUT2D eigenvalue weighted by atomic mass is 10.4. The second kappa shape index (κ2) is 5.18. The number of hydrogen-bond donors (Lipinski definition) is 2. The Kier molecular flexibility index (Phi) is 3.87. The molecule has 0 fully saturated rings. The maximum atomic E-state index is 11.0. The Labute approximate surface area is 81.7 Å². The molecule has 1 rings (SSSR count). The number of hydrogen-bond acceptors (Lipinski definition) is 5. The molecule has 0 spiro atoms. The van der Waals surface area contributed by atoms with Crippen LogP contribution >= 0.6 is 0 Å². The summed E-state index contributed by atoms with van der Waals surface area (Å²) in [6, 6.07) is 5.12. The molecular weight excluding hydrogens is 184 g/mol. The highest BCUT2D eigenvalue weighted by molar-refractivity contribution is 5.76. The predicted molar refractivity (Wildman–Crippen MR) is 50.5 cm³/mol. The molecule has 1 heterocycles. The van der Waals surface area contributed by atoms with Crippen molar-refractivity contribution in [2.24, 2.45) is 0 Å². The van der Waals surface area contributed by atoms with Crippen molar-refractivity contribution in [3.8, 4) is 0 Å². The summed E-state index contributed by atoms with van der Waals surface area (Å²) < 4.78 is 4.60. The van der Waals surface area contributed by atoms with Crippen molar-refractivity contribution in [2.45, 2.75) is 13.2 Å². The second-order valence-electron chi connectivity index (χ2n) is 2.51. The van der Waals surface area contributed by atoms with Crippen LogP contribution in [0.15, 0.2) is 24.4 Å². The molecule has 1 aromatic heterocycles. The Morgan fingerprint density at radius 3 is 3.07 bits per heavy atom. The van der Waals surface area contributed by atoms with E-state index in [1.807, 2.05) is 0 Å². The molecule has 14 heavy (non-hydrogen) atoms. The SMILES string of the molecule is CCOC(=O)C(O)Nc1ccccn1. The van der Waals surface area contributed by atoms with Gasteiger partial charge in [0.05, 0.1) is 6.61 Å². The van der Waals surface area contributed by atoms with Crippen LogP contribution in [0, 0.1) is 0 Å². The highest BCUT2D eigenvalue weighted by Gasteiger charge is 2.15. The number of anilines is 1. The fourth-order valence-corrected chi connectivity index (χ4v) is 0.868. The molecule has 1 atom stereocenters. The first-order chi connectivity index (χ1) is 6.74. The van der Waals surface area contributed by atoms with Crippen molar-refractivity contribution in [1.82, 2.24) is 4.98 Å². The Morgan fingerprint density at radius 1 is 1.71 bits per heavy atom. The first-order valence-electron chi connectivity index (χ1n) is 4.26. The molecule has 2 N–H and O–H groups in total. The summed E-state index contributed by atoms with van der Waals surface area (Å²) in [5.41, 5.74) is 0. The molecule has 0 aliphatic carbocycles. The molecular formula is C9H12N2O3. The summed E-state index contributed by atoms with van der Waals surface area (Å²) in [6.45, 7) is 1.91. The van der Waals surface area contributed by atoms with Crippen molar-refractivity contribution in [3.05, 3.63) is 24.4 Å². The lowest BCUT2D eigenvalue weighted by Crippen LogP contribution is -2.31. The van der Waals surface area contributed by atoms with Crippen molar-refractivity contribution < 1.29 is 14.6 Å². The number of carbonyl (C=O) groups is 1. The van der Waals surface area contributed by atoms with E-state index in [2.05, 4.69) is 15.0 Å². The molecule has 0 saturated heterocycles. The van der Waals surface area contributed by atoms with Gasteiger partial charge in [-0.15, -0.1) is 0 Å². The van der Waals surface area contributed by atoms with Gasteiger partial charge >= 0.3 is 5.97 Å². The van der Waals surface area contributed by atoms with Crippen LogP contribution in [0.2, 0.25) is 0 Å². The minimum absolute atomic E-state index is 0.236. The van der Waals surface area contributed by atoms with Crippen molar-refractivity contribution >= 4 is 11.8 Å². The maximum absolute atomic E-state index is 11.0. The number of aliphatic hydroxyl groups is 1. The van der Waals surface area contributed by atoms with E-state index in [0.717, 1.165) is 0 Å². The number of ether oxygens (including phenoxy) is 1. The zero-order valence-electron chi connectivity index (χ0n) is 7.80. The summed E-state index contributed by atoms with van der Waals surface area (Å²) >= 11 is 0. The molecule has 1 unspecified atom stereocenters. The van der Waals surface area contributed by atoms with Crippen molar-refractivity contribution in [2.75, 3.05) is 11.9 Å². The molecule has 0 radical (unpaired) electrons. The predicted octanol–water partition coefficient (Wildman–Crippen LogP) is 0.375. The van der Waals surface area contributed by atoms with Crippen LogP contribution in [0.4, 0.5) is 5.82 Å². The molecule has 0 amide bonds. The van der Waals surface area contributed by atoms with E-state index >= 15 is 0 Å². The van der Waals surface area contributed by atoms with E-state index in [4.69, 9.17) is 0 Å². The van der Waals surface area contributed by atoms with Gasteiger partial charge < -0.3 is 15.2 Å². The van der Waals surface area contributed by atoms with E-state index in [9.17, 15) is 9.90 Å². The largest absolute Gasteiger partial charge is 0.463 e. The van der Waals surface area contributed by atoms with Gasteiger partial charge in [-0.3, -0.25) is 0 Å². The average Bonchev–Trinajstić information content (AvgIpc) is 2.19. The van der Waals surface area contributed by atoms with Gasteiger partial charge in [-0.2, -0.15) is 0 Å². The fourth-order valence-electron chi connectivity index (χ4n) is 0.868. The van der Waals surface area contributed by atoms with Crippen LogP contribution in [0.25, 0.3) is 0 Å². The Bertz CT molecular complexity index is 289. The number of carbonyl (C=O) groups excluding carboxylic acids is 1. The third-order valence-electron chi connectivity index (χ3n) is 1.46. The molecule has 0 saturated carbocycles. The normalized spacial score (nSPS) is 11.9. The number of aliphatic hydroxyl groups excluding tert-OH is 1. The first kappa shape index (κ1) is 10.5. The van der Waals surface area contributed by atoms with Gasteiger partial charge in [0, 0.05) is 6.20 Å². The summed E-state index contributed by atoms with van der Waals surface area (Å²) in [4.78, 5) is 14.9. The quantitative estimate of drug-likeness (QED) is 0.538. The highest BCUT2D eigenvalue weighted by Crippen LogP contribution is 2.01. The molecule has 76 valence electrons. The van der Waals surface area contributed by atoms with Crippen LogP contribution in [0.5, 0.6) is 0 Å². The summed E-state index contributed by atoms with van der Waals surface area (Å²) in [5, 5.41) is 11.8. The molecule has 0 aliphatic rings. The third kappa shape index (κ3) is 3.02. The summed E-state index contributed by atoms with van der Waals surface area (Å²) in [6.07, 6.45) is 0.185. The summed E-state index contributed by atoms with van der Waals surface area (Å²) in [7, 11) is 0. The van der Waals surface area contributed by atoms with Crippen molar-refractivity contribution in [1.29, 1.82) is 0 Å². The third-order valence-corrected chi connectivity index (χ3v) is 1.46. The highest BCUT2D eigenvalue weighted by atomic mass is 16.5. The number of nitrogens with one attached hydrogen (secondary N) is 1. The van der Waals surface area contributed by atoms with E-state index in [0.29, 0.717) is 5.82 Å². The number of aromatic nitrogens is 1. The minimum atomic E-state index is -1.37. The lowest BCUT2D eigenvalue weighted by molar-refractivity contribution is -0.151. The van der Waals surface area contributed by atoms with Gasteiger partial charge in [-0.05, 0) is 19.1 Å². The minimum Gasteiger partial charge on any atom is -0.463 e. The van der Waals surface area contributed by atoms with Gasteiger partial charge in [0.25, 0.3) is 0 Å².